The molecule has 0 aliphatic carbocycles. The Morgan fingerprint density at radius 2 is 2.04 bits per heavy atom. The first-order valence-corrected chi connectivity index (χ1v) is 9.05. The Bertz CT molecular complexity index is 777. The van der Waals surface area contributed by atoms with Crippen molar-refractivity contribution in [3.63, 3.8) is 0 Å². The summed E-state index contributed by atoms with van der Waals surface area (Å²) in [7, 11) is 0. The number of hydrogen-bond donors (Lipinski definition) is 1. The number of thiazole rings is 1. The van der Waals surface area contributed by atoms with Crippen molar-refractivity contribution in [2.45, 2.75) is 19.8 Å². The number of carbonyl (C=O) groups is 2. The first-order valence-electron chi connectivity index (χ1n) is 8.17. The second-order valence-corrected chi connectivity index (χ2v) is 7.00. The molecule has 0 atom stereocenters. The van der Waals surface area contributed by atoms with E-state index in [9.17, 15) is 9.59 Å². The number of carboxylic acids is 1. The van der Waals surface area contributed by atoms with Gasteiger partial charge in [0.05, 0.1) is 17.1 Å². The van der Waals surface area contributed by atoms with Crippen molar-refractivity contribution in [2.75, 3.05) is 31.1 Å². The van der Waals surface area contributed by atoms with Gasteiger partial charge < -0.3 is 14.9 Å². The van der Waals surface area contributed by atoms with E-state index in [4.69, 9.17) is 5.11 Å². The molecule has 1 saturated heterocycles. The SMILES string of the molecule is Cc1nc(CC(=O)N2CCCN(c3cccc(C(=O)O)n3)CC2)cs1. The number of carboxylic acid groups (broad SMARTS) is 1. The number of rotatable bonds is 4. The van der Waals surface area contributed by atoms with Crippen molar-refractivity contribution in [1.82, 2.24) is 14.9 Å². The minimum Gasteiger partial charge on any atom is -0.477 e. The number of pyridine rings is 1. The zero-order chi connectivity index (χ0) is 17.8. The Balaban J connectivity index is 1.63. The highest BCUT2D eigenvalue weighted by Gasteiger charge is 2.21. The van der Waals surface area contributed by atoms with Crippen molar-refractivity contribution >= 4 is 29.0 Å². The summed E-state index contributed by atoms with van der Waals surface area (Å²) in [5.41, 5.74) is 0.859. The van der Waals surface area contributed by atoms with E-state index in [2.05, 4.69) is 9.97 Å². The van der Waals surface area contributed by atoms with Crippen molar-refractivity contribution < 1.29 is 14.7 Å². The highest BCUT2D eigenvalue weighted by Crippen LogP contribution is 2.16. The van der Waals surface area contributed by atoms with Crippen LogP contribution in [-0.4, -0.2) is 58.0 Å². The molecule has 1 amide bonds. The summed E-state index contributed by atoms with van der Waals surface area (Å²) in [6, 6.07) is 4.99. The van der Waals surface area contributed by atoms with Crippen molar-refractivity contribution in [1.29, 1.82) is 0 Å². The summed E-state index contributed by atoms with van der Waals surface area (Å²) in [4.78, 5) is 36.0. The predicted molar refractivity (Wildman–Crippen MR) is 95.2 cm³/mol. The van der Waals surface area contributed by atoms with Crippen LogP contribution in [0.3, 0.4) is 0 Å². The second kappa shape index (κ2) is 7.60. The molecule has 0 radical (unpaired) electrons. The first kappa shape index (κ1) is 17.3. The molecule has 0 saturated carbocycles. The van der Waals surface area contributed by atoms with Gasteiger partial charge >= 0.3 is 5.97 Å². The summed E-state index contributed by atoms with van der Waals surface area (Å²) in [6.45, 7) is 4.60. The Labute approximate surface area is 149 Å². The summed E-state index contributed by atoms with van der Waals surface area (Å²) in [5.74, 6) is -0.309. The maximum Gasteiger partial charge on any atom is 0.354 e. The summed E-state index contributed by atoms with van der Waals surface area (Å²) in [5, 5.41) is 12.0. The molecule has 25 heavy (non-hydrogen) atoms. The molecular weight excluding hydrogens is 340 g/mol. The van der Waals surface area contributed by atoms with Crippen molar-refractivity contribution in [2.24, 2.45) is 0 Å². The Morgan fingerprint density at radius 3 is 2.76 bits per heavy atom. The van der Waals surface area contributed by atoms with Crippen molar-refractivity contribution in [3.8, 4) is 0 Å². The van der Waals surface area contributed by atoms with Gasteiger partial charge in [0.15, 0.2) is 5.69 Å². The highest BCUT2D eigenvalue weighted by atomic mass is 32.1. The Kier molecular flexibility index (Phi) is 5.28. The van der Waals surface area contributed by atoms with E-state index in [1.165, 1.54) is 6.07 Å². The van der Waals surface area contributed by atoms with E-state index in [-0.39, 0.29) is 11.6 Å². The fraction of sp³-hybridized carbons (Fsp3) is 0.412. The molecule has 1 aliphatic rings. The number of aromatic carboxylic acids is 1. The summed E-state index contributed by atoms with van der Waals surface area (Å²) < 4.78 is 0. The van der Waals surface area contributed by atoms with Gasteiger partial charge in [-0.05, 0) is 25.5 Å². The van der Waals surface area contributed by atoms with Gasteiger partial charge in [-0.2, -0.15) is 0 Å². The third-order valence-electron chi connectivity index (χ3n) is 4.13. The number of anilines is 1. The van der Waals surface area contributed by atoms with E-state index in [1.807, 2.05) is 28.2 Å². The van der Waals surface area contributed by atoms with Gasteiger partial charge in [-0.1, -0.05) is 6.07 Å². The van der Waals surface area contributed by atoms with Crippen LogP contribution in [0.15, 0.2) is 23.6 Å². The first-order chi connectivity index (χ1) is 12.0. The lowest BCUT2D eigenvalue weighted by Crippen LogP contribution is -2.36. The van der Waals surface area contributed by atoms with E-state index < -0.39 is 5.97 Å². The van der Waals surface area contributed by atoms with Gasteiger partial charge in [-0.15, -0.1) is 11.3 Å². The Morgan fingerprint density at radius 1 is 1.20 bits per heavy atom. The van der Waals surface area contributed by atoms with Crippen LogP contribution in [0.2, 0.25) is 0 Å². The molecule has 2 aromatic rings. The maximum atomic E-state index is 12.5. The van der Waals surface area contributed by atoms with Crippen LogP contribution in [-0.2, 0) is 11.2 Å². The molecule has 0 spiro atoms. The molecule has 1 N–H and O–H groups in total. The number of hydrogen-bond acceptors (Lipinski definition) is 6. The molecule has 0 unspecified atom stereocenters. The largest absolute Gasteiger partial charge is 0.477 e. The average molecular weight is 360 g/mol. The molecule has 0 bridgehead atoms. The van der Waals surface area contributed by atoms with Crippen LogP contribution in [0.4, 0.5) is 5.82 Å². The highest BCUT2D eigenvalue weighted by molar-refractivity contribution is 7.09. The summed E-state index contributed by atoms with van der Waals surface area (Å²) >= 11 is 1.55. The van der Waals surface area contributed by atoms with Crippen LogP contribution in [0.1, 0.15) is 27.6 Å². The molecule has 2 aromatic heterocycles. The van der Waals surface area contributed by atoms with Crippen LogP contribution in [0.25, 0.3) is 0 Å². The normalized spacial score (nSPS) is 15.1. The number of aromatic nitrogens is 2. The van der Waals surface area contributed by atoms with Gasteiger partial charge in [0.2, 0.25) is 5.91 Å². The van der Waals surface area contributed by atoms with Gasteiger partial charge in [0.1, 0.15) is 5.82 Å². The molecule has 1 fully saturated rings. The van der Waals surface area contributed by atoms with E-state index >= 15 is 0 Å². The number of amides is 1. The van der Waals surface area contributed by atoms with Crippen LogP contribution >= 0.6 is 11.3 Å². The average Bonchev–Trinajstić information content (AvgIpc) is 2.86. The van der Waals surface area contributed by atoms with Gasteiger partial charge in [-0.3, -0.25) is 4.79 Å². The predicted octanol–water partition coefficient (Wildman–Crippen LogP) is 1.83. The molecule has 132 valence electrons. The monoisotopic (exact) mass is 360 g/mol. The molecule has 7 nitrogen and oxygen atoms in total. The zero-order valence-corrected chi connectivity index (χ0v) is 14.8. The third-order valence-corrected chi connectivity index (χ3v) is 4.95. The lowest BCUT2D eigenvalue weighted by molar-refractivity contribution is -0.130. The zero-order valence-electron chi connectivity index (χ0n) is 14.0. The van der Waals surface area contributed by atoms with Gasteiger partial charge in [0, 0.05) is 31.6 Å². The second-order valence-electron chi connectivity index (χ2n) is 5.94. The molecular formula is C17H20N4O3S. The third kappa shape index (κ3) is 4.33. The maximum absolute atomic E-state index is 12.5. The van der Waals surface area contributed by atoms with Crippen LogP contribution < -0.4 is 4.90 Å². The molecule has 3 heterocycles. The minimum absolute atomic E-state index is 0.0357. The topological polar surface area (TPSA) is 86.6 Å². The molecule has 8 heteroatoms. The van der Waals surface area contributed by atoms with Crippen LogP contribution in [0.5, 0.6) is 0 Å². The fourth-order valence-electron chi connectivity index (χ4n) is 2.87. The van der Waals surface area contributed by atoms with Crippen molar-refractivity contribution in [3.05, 3.63) is 40.0 Å². The minimum atomic E-state index is -1.04. The lowest BCUT2D eigenvalue weighted by Gasteiger charge is -2.23. The van der Waals surface area contributed by atoms with E-state index in [0.717, 1.165) is 23.7 Å². The van der Waals surface area contributed by atoms with E-state index in [1.54, 1.807) is 17.4 Å². The number of aryl methyl sites for hydroxylation is 1. The van der Waals surface area contributed by atoms with Crippen LogP contribution in [0, 0.1) is 6.92 Å². The number of carbonyl (C=O) groups excluding carboxylic acids is 1. The lowest BCUT2D eigenvalue weighted by atomic mass is 10.3. The smallest absolute Gasteiger partial charge is 0.354 e. The quantitative estimate of drug-likeness (QED) is 0.895. The molecule has 3 rings (SSSR count). The molecule has 0 aromatic carbocycles. The Hall–Kier alpha value is -2.48. The van der Waals surface area contributed by atoms with Gasteiger partial charge in [-0.25, -0.2) is 14.8 Å². The molecule has 1 aliphatic heterocycles. The van der Waals surface area contributed by atoms with E-state index in [0.29, 0.717) is 31.9 Å². The van der Waals surface area contributed by atoms with Gasteiger partial charge in [0.25, 0.3) is 0 Å². The number of nitrogens with zero attached hydrogens (tertiary/aromatic N) is 4. The standard InChI is InChI=1S/C17H20N4O3S/c1-12-18-13(11-25-12)10-16(22)21-7-3-6-20(8-9-21)15-5-2-4-14(19-15)17(23)24/h2,4-5,11H,3,6-10H2,1H3,(H,23,24). The summed E-state index contributed by atoms with van der Waals surface area (Å²) in [6.07, 6.45) is 1.15. The fourth-order valence-corrected chi connectivity index (χ4v) is 3.48.